The van der Waals surface area contributed by atoms with Crippen LogP contribution in [0.3, 0.4) is 0 Å². The molecule has 0 unspecified atom stereocenters. The van der Waals surface area contributed by atoms with E-state index in [1.807, 2.05) is 13.2 Å². The molecule has 1 aromatic carbocycles. The van der Waals surface area contributed by atoms with E-state index >= 15 is 0 Å². The van der Waals surface area contributed by atoms with E-state index in [1.165, 1.54) is 7.11 Å². The van der Waals surface area contributed by atoms with Crippen molar-refractivity contribution >= 4 is 21.8 Å². The van der Waals surface area contributed by atoms with E-state index in [0.717, 1.165) is 17.9 Å². The van der Waals surface area contributed by atoms with Gasteiger partial charge in [-0.15, -0.1) is 0 Å². The SMILES string of the molecule is CCNCc1ccc(S(=O)(=O)NCCSC)c(OC)c1. The van der Waals surface area contributed by atoms with Crippen LogP contribution < -0.4 is 14.8 Å². The van der Waals surface area contributed by atoms with Gasteiger partial charge in [0.1, 0.15) is 10.6 Å². The zero-order valence-electron chi connectivity index (χ0n) is 12.1. The molecule has 0 aliphatic carbocycles. The highest BCUT2D eigenvalue weighted by atomic mass is 32.2. The molecule has 5 nitrogen and oxygen atoms in total. The molecule has 0 amide bonds. The van der Waals surface area contributed by atoms with Gasteiger partial charge in [0.2, 0.25) is 10.0 Å². The van der Waals surface area contributed by atoms with Crippen molar-refractivity contribution in [3.05, 3.63) is 23.8 Å². The molecule has 0 bridgehead atoms. The zero-order valence-corrected chi connectivity index (χ0v) is 13.7. The Balaban J connectivity index is 2.93. The summed E-state index contributed by atoms with van der Waals surface area (Å²) in [7, 11) is -2.04. The Labute approximate surface area is 125 Å². The fraction of sp³-hybridized carbons (Fsp3) is 0.538. The minimum atomic E-state index is -3.52. The molecule has 0 heterocycles. The molecule has 1 aromatic rings. The Morgan fingerprint density at radius 3 is 2.70 bits per heavy atom. The first-order chi connectivity index (χ1) is 9.55. The van der Waals surface area contributed by atoms with Crippen LogP contribution in [0.1, 0.15) is 12.5 Å². The highest BCUT2D eigenvalue weighted by Crippen LogP contribution is 2.24. The van der Waals surface area contributed by atoms with Gasteiger partial charge in [-0.3, -0.25) is 0 Å². The van der Waals surface area contributed by atoms with Gasteiger partial charge in [0.05, 0.1) is 7.11 Å². The van der Waals surface area contributed by atoms with E-state index in [2.05, 4.69) is 10.0 Å². The van der Waals surface area contributed by atoms with Crippen LogP contribution in [-0.4, -0.2) is 40.6 Å². The lowest BCUT2D eigenvalue weighted by Gasteiger charge is -2.12. The number of benzene rings is 1. The Kier molecular flexibility index (Phi) is 7.36. The maximum Gasteiger partial charge on any atom is 0.244 e. The van der Waals surface area contributed by atoms with Crippen molar-refractivity contribution in [2.24, 2.45) is 0 Å². The number of ether oxygens (including phenoxy) is 1. The lowest BCUT2D eigenvalue weighted by Crippen LogP contribution is -2.26. The normalized spacial score (nSPS) is 11.6. The number of rotatable bonds is 9. The molecule has 20 heavy (non-hydrogen) atoms. The van der Waals surface area contributed by atoms with Crippen molar-refractivity contribution in [3.8, 4) is 5.75 Å². The average Bonchev–Trinajstić information content (AvgIpc) is 2.44. The largest absolute Gasteiger partial charge is 0.495 e. The number of methoxy groups -OCH3 is 1. The van der Waals surface area contributed by atoms with Crippen LogP contribution in [0.5, 0.6) is 5.75 Å². The Morgan fingerprint density at radius 2 is 2.10 bits per heavy atom. The molecule has 0 fully saturated rings. The second kappa shape index (κ2) is 8.51. The van der Waals surface area contributed by atoms with E-state index in [1.54, 1.807) is 30.0 Å². The van der Waals surface area contributed by atoms with Gasteiger partial charge >= 0.3 is 0 Å². The summed E-state index contributed by atoms with van der Waals surface area (Å²) in [4.78, 5) is 0.182. The molecule has 2 N–H and O–H groups in total. The molecule has 0 spiro atoms. The van der Waals surface area contributed by atoms with E-state index in [4.69, 9.17) is 4.74 Å². The van der Waals surface area contributed by atoms with Gasteiger partial charge < -0.3 is 10.1 Å². The van der Waals surface area contributed by atoms with Crippen LogP contribution in [0.4, 0.5) is 0 Å². The van der Waals surface area contributed by atoms with Gasteiger partial charge in [-0.2, -0.15) is 11.8 Å². The molecule has 114 valence electrons. The van der Waals surface area contributed by atoms with E-state index < -0.39 is 10.0 Å². The van der Waals surface area contributed by atoms with E-state index in [0.29, 0.717) is 18.8 Å². The molecule has 1 rings (SSSR count). The van der Waals surface area contributed by atoms with E-state index in [9.17, 15) is 8.42 Å². The van der Waals surface area contributed by atoms with Crippen LogP contribution in [0.2, 0.25) is 0 Å². The zero-order chi connectivity index (χ0) is 15.0. The van der Waals surface area contributed by atoms with Crippen LogP contribution >= 0.6 is 11.8 Å². The average molecular weight is 318 g/mol. The number of thioether (sulfide) groups is 1. The first kappa shape index (κ1) is 17.3. The molecule has 0 radical (unpaired) electrons. The first-order valence-electron chi connectivity index (χ1n) is 6.41. The fourth-order valence-corrected chi connectivity index (χ4v) is 3.29. The summed E-state index contributed by atoms with van der Waals surface area (Å²) in [5.41, 5.74) is 0.992. The third kappa shape index (κ3) is 4.97. The van der Waals surface area contributed by atoms with Crippen LogP contribution in [0.15, 0.2) is 23.1 Å². The number of sulfonamides is 1. The molecule has 7 heteroatoms. The summed E-state index contributed by atoms with van der Waals surface area (Å²) in [6.07, 6.45) is 1.93. The topological polar surface area (TPSA) is 67.4 Å². The van der Waals surface area contributed by atoms with Crippen molar-refractivity contribution in [2.45, 2.75) is 18.4 Å². The van der Waals surface area contributed by atoms with Crippen molar-refractivity contribution in [1.29, 1.82) is 0 Å². The summed E-state index contributed by atoms with van der Waals surface area (Å²) >= 11 is 1.59. The Hall–Kier alpha value is -0.760. The standard InChI is InChI=1S/C13H22N2O3S2/c1-4-14-10-11-5-6-13(12(9-11)18-2)20(16,17)15-7-8-19-3/h5-6,9,14-15H,4,7-8,10H2,1-3H3. The maximum atomic E-state index is 12.2. The highest BCUT2D eigenvalue weighted by molar-refractivity contribution is 7.98. The lowest BCUT2D eigenvalue weighted by molar-refractivity contribution is 0.401. The third-order valence-electron chi connectivity index (χ3n) is 2.69. The minimum Gasteiger partial charge on any atom is -0.495 e. The second-order valence-corrected chi connectivity index (χ2v) is 6.88. The summed E-state index contributed by atoms with van der Waals surface area (Å²) < 4.78 is 32.2. The van der Waals surface area contributed by atoms with E-state index in [-0.39, 0.29) is 4.90 Å². The molecule has 0 aliphatic rings. The summed E-state index contributed by atoms with van der Waals surface area (Å²) in [5, 5.41) is 3.19. The minimum absolute atomic E-state index is 0.182. The lowest BCUT2D eigenvalue weighted by atomic mass is 10.2. The Morgan fingerprint density at radius 1 is 1.35 bits per heavy atom. The molecular formula is C13H22N2O3S2. The van der Waals surface area contributed by atoms with Crippen molar-refractivity contribution in [3.63, 3.8) is 0 Å². The van der Waals surface area contributed by atoms with Crippen LogP contribution in [-0.2, 0) is 16.6 Å². The van der Waals surface area contributed by atoms with Gasteiger partial charge in [0.15, 0.2) is 0 Å². The third-order valence-corrected chi connectivity index (χ3v) is 4.81. The quantitative estimate of drug-likeness (QED) is 0.675. The fourth-order valence-electron chi connectivity index (χ4n) is 1.67. The Bertz CT molecular complexity index is 518. The summed E-state index contributed by atoms with van der Waals surface area (Å²) in [5.74, 6) is 1.11. The second-order valence-electron chi connectivity index (χ2n) is 4.16. The molecule has 0 aliphatic heterocycles. The highest BCUT2D eigenvalue weighted by Gasteiger charge is 2.19. The van der Waals surface area contributed by atoms with Crippen LogP contribution in [0, 0.1) is 0 Å². The summed E-state index contributed by atoms with van der Waals surface area (Å²) in [6, 6.07) is 5.15. The van der Waals surface area contributed by atoms with Crippen LogP contribution in [0.25, 0.3) is 0 Å². The maximum absolute atomic E-state index is 12.2. The van der Waals surface area contributed by atoms with Gasteiger partial charge in [-0.05, 0) is 30.5 Å². The van der Waals surface area contributed by atoms with Gasteiger partial charge in [0, 0.05) is 18.8 Å². The number of hydrogen-bond donors (Lipinski definition) is 2. The molecule has 0 saturated heterocycles. The first-order valence-corrected chi connectivity index (χ1v) is 9.29. The van der Waals surface area contributed by atoms with Gasteiger partial charge in [-0.1, -0.05) is 13.0 Å². The molecule has 0 saturated carbocycles. The monoisotopic (exact) mass is 318 g/mol. The molecule has 0 aromatic heterocycles. The molecule has 0 atom stereocenters. The smallest absolute Gasteiger partial charge is 0.244 e. The summed E-state index contributed by atoms with van der Waals surface area (Å²) in [6.45, 7) is 3.98. The molecular weight excluding hydrogens is 296 g/mol. The van der Waals surface area contributed by atoms with Crippen molar-refractivity contribution in [1.82, 2.24) is 10.0 Å². The predicted molar refractivity (Wildman–Crippen MR) is 83.9 cm³/mol. The van der Waals surface area contributed by atoms with Crippen molar-refractivity contribution < 1.29 is 13.2 Å². The van der Waals surface area contributed by atoms with Crippen molar-refractivity contribution in [2.75, 3.05) is 32.2 Å². The predicted octanol–water partition coefficient (Wildman–Crippen LogP) is 1.45. The number of hydrogen-bond acceptors (Lipinski definition) is 5. The van der Waals surface area contributed by atoms with Gasteiger partial charge in [0.25, 0.3) is 0 Å². The number of nitrogens with one attached hydrogen (secondary N) is 2. The van der Waals surface area contributed by atoms with Gasteiger partial charge in [-0.25, -0.2) is 13.1 Å².